The highest BCUT2D eigenvalue weighted by molar-refractivity contribution is 9.10. The SMILES string of the molecule is NC(=O)COc1ccc(Br)cc1/C=C1\SC(=O)N(Cc2c(Cl)cccc2Cl)C1=O. The summed E-state index contributed by atoms with van der Waals surface area (Å²) in [7, 11) is 0. The lowest BCUT2D eigenvalue weighted by molar-refractivity contribution is -0.123. The molecule has 0 bridgehead atoms. The first-order chi connectivity index (χ1) is 13.8. The molecule has 0 atom stereocenters. The van der Waals surface area contributed by atoms with Gasteiger partial charge in [-0.1, -0.05) is 45.2 Å². The second-order valence-corrected chi connectivity index (χ2v) is 8.63. The zero-order valence-electron chi connectivity index (χ0n) is 14.7. The van der Waals surface area contributed by atoms with E-state index in [1.807, 2.05) is 0 Å². The van der Waals surface area contributed by atoms with E-state index in [9.17, 15) is 14.4 Å². The van der Waals surface area contributed by atoms with E-state index in [0.29, 0.717) is 26.9 Å². The van der Waals surface area contributed by atoms with Crippen LogP contribution in [-0.4, -0.2) is 28.6 Å². The van der Waals surface area contributed by atoms with E-state index in [1.54, 1.807) is 36.4 Å². The lowest BCUT2D eigenvalue weighted by atomic mass is 10.1. The first-order valence-electron chi connectivity index (χ1n) is 8.15. The summed E-state index contributed by atoms with van der Waals surface area (Å²) >= 11 is 16.5. The Bertz CT molecular complexity index is 1020. The summed E-state index contributed by atoms with van der Waals surface area (Å²) in [5.74, 6) is -0.749. The number of thioether (sulfide) groups is 1. The van der Waals surface area contributed by atoms with Crippen LogP contribution in [0.3, 0.4) is 0 Å². The van der Waals surface area contributed by atoms with Crippen molar-refractivity contribution in [3.8, 4) is 5.75 Å². The lowest BCUT2D eigenvalue weighted by Crippen LogP contribution is -2.27. The second-order valence-electron chi connectivity index (χ2n) is 5.91. The van der Waals surface area contributed by atoms with Gasteiger partial charge in [0.1, 0.15) is 5.75 Å². The van der Waals surface area contributed by atoms with Crippen LogP contribution >= 0.6 is 50.9 Å². The van der Waals surface area contributed by atoms with E-state index in [-0.39, 0.29) is 18.1 Å². The van der Waals surface area contributed by atoms with Gasteiger partial charge in [-0.15, -0.1) is 0 Å². The van der Waals surface area contributed by atoms with Crippen molar-refractivity contribution in [2.75, 3.05) is 6.61 Å². The van der Waals surface area contributed by atoms with E-state index >= 15 is 0 Å². The summed E-state index contributed by atoms with van der Waals surface area (Å²) in [6.45, 7) is -0.348. The molecule has 0 saturated carbocycles. The number of primary amides is 1. The zero-order valence-corrected chi connectivity index (χ0v) is 18.6. The van der Waals surface area contributed by atoms with Crippen LogP contribution in [0.15, 0.2) is 45.8 Å². The Morgan fingerprint density at radius 3 is 2.55 bits per heavy atom. The van der Waals surface area contributed by atoms with Gasteiger partial charge in [0, 0.05) is 25.6 Å². The first-order valence-corrected chi connectivity index (χ1v) is 10.5. The summed E-state index contributed by atoms with van der Waals surface area (Å²) < 4.78 is 6.12. The van der Waals surface area contributed by atoms with Gasteiger partial charge in [-0.2, -0.15) is 0 Å². The number of benzene rings is 2. The number of hydrogen-bond donors (Lipinski definition) is 1. The topological polar surface area (TPSA) is 89.7 Å². The van der Waals surface area contributed by atoms with Crippen molar-refractivity contribution >= 4 is 74.0 Å². The predicted octanol–water partition coefficient (Wildman–Crippen LogP) is 4.86. The van der Waals surface area contributed by atoms with E-state index < -0.39 is 17.1 Å². The van der Waals surface area contributed by atoms with Crippen molar-refractivity contribution in [1.29, 1.82) is 0 Å². The van der Waals surface area contributed by atoms with Crippen LogP contribution in [0.2, 0.25) is 10.0 Å². The minimum Gasteiger partial charge on any atom is -0.483 e. The van der Waals surface area contributed by atoms with Gasteiger partial charge in [0.15, 0.2) is 6.61 Å². The molecule has 1 aliphatic rings. The largest absolute Gasteiger partial charge is 0.483 e. The fraction of sp³-hybridized carbons (Fsp3) is 0.105. The number of amides is 3. The maximum atomic E-state index is 12.8. The summed E-state index contributed by atoms with van der Waals surface area (Å²) in [5.41, 5.74) is 6.13. The quantitative estimate of drug-likeness (QED) is 0.555. The number of rotatable bonds is 6. The van der Waals surface area contributed by atoms with Crippen molar-refractivity contribution in [2.24, 2.45) is 5.73 Å². The van der Waals surface area contributed by atoms with Gasteiger partial charge in [0.05, 0.1) is 11.4 Å². The highest BCUT2D eigenvalue weighted by Crippen LogP contribution is 2.37. The minimum absolute atomic E-state index is 0.0377. The molecule has 1 saturated heterocycles. The number of ether oxygens (including phenoxy) is 1. The summed E-state index contributed by atoms with van der Waals surface area (Å²) in [6, 6.07) is 10.0. The van der Waals surface area contributed by atoms with Crippen LogP contribution < -0.4 is 10.5 Å². The van der Waals surface area contributed by atoms with Gasteiger partial charge < -0.3 is 10.5 Å². The van der Waals surface area contributed by atoms with Crippen LogP contribution in [0.5, 0.6) is 5.75 Å². The molecule has 0 unspecified atom stereocenters. The third-order valence-corrected chi connectivity index (χ3v) is 5.99. The lowest BCUT2D eigenvalue weighted by Gasteiger charge is -2.14. The third-order valence-electron chi connectivity index (χ3n) is 3.88. The van der Waals surface area contributed by atoms with Crippen LogP contribution in [0.4, 0.5) is 4.79 Å². The Labute approximate surface area is 189 Å². The average molecular weight is 516 g/mol. The average Bonchev–Trinajstić information content (AvgIpc) is 2.91. The highest BCUT2D eigenvalue weighted by Gasteiger charge is 2.36. The number of imide groups is 1. The van der Waals surface area contributed by atoms with E-state index in [1.165, 1.54) is 6.08 Å². The molecule has 6 nitrogen and oxygen atoms in total. The fourth-order valence-electron chi connectivity index (χ4n) is 2.53. The van der Waals surface area contributed by atoms with Crippen LogP contribution in [-0.2, 0) is 16.1 Å². The molecule has 2 aromatic carbocycles. The van der Waals surface area contributed by atoms with Gasteiger partial charge in [-0.3, -0.25) is 19.3 Å². The van der Waals surface area contributed by atoms with Crippen molar-refractivity contribution in [3.63, 3.8) is 0 Å². The summed E-state index contributed by atoms with van der Waals surface area (Å²) in [5, 5.41) is 0.302. The Morgan fingerprint density at radius 1 is 1.21 bits per heavy atom. The molecule has 1 heterocycles. The molecule has 0 spiro atoms. The summed E-state index contributed by atoms with van der Waals surface area (Å²) in [4.78, 5) is 37.5. The number of nitrogens with two attached hydrogens (primary N) is 1. The Hall–Kier alpha value is -2.00. The molecule has 0 radical (unpaired) electrons. The molecule has 150 valence electrons. The molecule has 0 aromatic heterocycles. The predicted molar refractivity (Wildman–Crippen MR) is 117 cm³/mol. The first kappa shape index (κ1) is 21.7. The Kier molecular flexibility index (Phi) is 6.89. The van der Waals surface area contributed by atoms with E-state index in [2.05, 4.69) is 15.9 Å². The molecule has 3 rings (SSSR count). The molecule has 0 aliphatic carbocycles. The smallest absolute Gasteiger partial charge is 0.293 e. The standard InChI is InChI=1S/C19H13BrCl2N2O4S/c20-11-4-5-15(28-9-17(23)25)10(6-11)7-16-18(26)24(19(27)29-16)8-12-13(21)2-1-3-14(12)22/h1-7H,8-9H2,(H2,23,25)/b16-7-. The number of carbonyl (C=O) groups is 3. The minimum atomic E-state index is -0.629. The maximum absolute atomic E-state index is 12.8. The van der Waals surface area contributed by atoms with E-state index in [4.69, 9.17) is 33.7 Å². The Balaban J connectivity index is 1.89. The monoisotopic (exact) mass is 514 g/mol. The third kappa shape index (κ3) is 5.14. The van der Waals surface area contributed by atoms with Crippen molar-refractivity contribution < 1.29 is 19.1 Å². The summed E-state index contributed by atoms with van der Waals surface area (Å²) in [6.07, 6.45) is 1.53. The molecule has 2 aromatic rings. The van der Waals surface area contributed by atoms with Crippen LogP contribution in [0, 0.1) is 0 Å². The second kappa shape index (κ2) is 9.21. The molecule has 2 N–H and O–H groups in total. The van der Waals surface area contributed by atoms with Crippen molar-refractivity contribution in [2.45, 2.75) is 6.54 Å². The number of carbonyl (C=O) groups excluding carboxylic acids is 3. The Morgan fingerprint density at radius 2 is 1.90 bits per heavy atom. The maximum Gasteiger partial charge on any atom is 0.293 e. The van der Waals surface area contributed by atoms with Gasteiger partial charge in [-0.25, -0.2) is 0 Å². The normalized spacial score (nSPS) is 15.3. The van der Waals surface area contributed by atoms with Gasteiger partial charge >= 0.3 is 0 Å². The molecule has 1 aliphatic heterocycles. The molecule has 29 heavy (non-hydrogen) atoms. The molecule has 3 amide bonds. The van der Waals surface area contributed by atoms with Crippen LogP contribution in [0.1, 0.15) is 11.1 Å². The van der Waals surface area contributed by atoms with Gasteiger partial charge in [0.2, 0.25) is 0 Å². The van der Waals surface area contributed by atoms with Gasteiger partial charge in [-0.05, 0) is 48.2 Å². The number of halogens is 3. The van der Waals surface area contributed by atoms with Gasteiger partial charge in [0.25, 0.3) is 17.1 Å². The zero-order chi connectivity index (χ0) is 21.1. The molecular weight excluding hydrogens is 503 g/mol. The highest BCUT2D eigenvalue weighted by atomic mass is 79.9. The number of hydrogen-bond acceptors (Lipinski definition) is 5. The number of nitrogens with zero attached hydrogens (tertiary/aromatic N) is 1. The molecule has 1 fully saturated rings. The molecule has 10 heteroatoms. The fourth-order valence-corrected chi connectivity index (χ4v) is 4.26. The molecular formula is C19H13BrCl2N2O4S. The van der Waals surface area contributed by atoms with Crippen LogP contribution in [0.25, 0.3) is 6.08 Å². The van der Waals surface area contributed by atoms with E-state index in [0.717, 1.165) is 21.1 Å². The van der Waals surface area contributed by atoms with Crippen molar-refractivity contribution in [1.82, 2.24) is 4.90 Å². The van der Waals surface area contributed by atoms with Crippen molar-refractivity contribution in [3.05, 3.63) is 66.9 Å².